The molecular formula is C49H66N10O10S2. The van der Waals surface area contributed by atoms with E-state index in [2.05, 4.69) is 42.2 Å². The molecule has 71 heavy (non-hydrogen) atoms. The first-order chi connectivity index (χ1) is 34.1. The number of hydrogen-bond acceptors (Lipinski definition) is 14. The number of aliphatic hydroxyl groups is 3. The molecule has 0 spiro atoms. The minimum Gasteiger partial charge on any atom is -0.394 e. The number of H-pyrrole nitrogens is 1. The third-order valence-electron chi connectivity index (χ3n) is 11.9. The number of carbonyl (C=O) groups is 7. The number of unbranched alkanes of at least 4 members (excludes halogenated alkanes) is 1. The summed E-state index contributed by atoms with van der Waals surface area (Å²) in [4.78, 5) is 103. The Bertz CT molecular complexity index is 2400. The average Bonchev–Trinajstić information content (AvgIpc) is 3.76. The molecule has 1 aliphatic heterocycles. The molecule has 10 atom stereocenters. The lowest BCUT2D eigenvalue weighted by Gasteiger charge is -2.29. The molecule has 2 heterocycles. The lowest BCUT2D eigenvalue weighted by molar-refractivity contribution is -0.136. The minimum absolute atomic E-state index is 0.0340. The predicted molar refractivity (Wildman–Crippen MR) is 272 cm³/mol. The highest BCUT2D eigenvalue weighted by molar-refractivity contribution is 8.76. The van der Waals surface area contributed by atoms with Crippen molar-refractivity contribution >= 4 is 73.8 Å². The standard InChI is InChI=1S/C49H66N10O10S2/c1-28(61)39(25-60)56-48(68)41-27-71-70-26-40(57-43(63)34(51)21-30-13-5-3-6-14-30)47(67)54-37(22-31-15-7-4-8-16-31)45(65)55-38(23-32-24-52-35-18-10-9-17-33(32)35)46(66)53-36(19-11-12-20-50)44(64)59-42(29(2)62)49(69)58-41/h3-10,13-18,24,28-29,34,36-42,52,60-62H,11-12,19-23,25-27,50-51H2,1-2H3,(H,53,66)(H,54,67)(H,55,65)(H,56,68)(H,57,63)(H,58,69)(H,59,64)/t28?,29-,34?,36+,37+,38-,39-,40+,41+,42+/m1/s1. The average molecular weight is 1020 g/mol. The second-order valence-electron chi connectivity index (χ2n) is 17.5. The van der Waals surface area contributed by atoms with Crippen LogP contribution >= 0.6 is 21.6 Å². The van der Waals surface area contributed by atoms with E-state index in [1.54, 1.807) is 60.8 Å². The summed E-state index contributed by atoms with van der Waals surface area (Å²) in [7, 11) is 2.06. The Morgan fingerprint density at radius 3 is 1.96 bits per heavy atom. The molecule has 1 aromatic heterocycles. The fourth-order valence-electron chi connectivity index (χ4n) is 7.73. The number of aliphatic hydroxyl groups excluding tert-OH is 3. The molecule has 2 unspecified atom stereocenters. The molecule has 5 rings (SSSR count). The van der Waals surface area contributed by atoms with Gasteiger partial charge in [-0.25, -0.2) is 0 Å². The molecule has 0 saturated carbocycles. The number of fused-ring (bicyclic) bond motifs is 1. The summed E-state index contributed by atoms with van der Waals surface area (Å²) in [6, 6.07) is 14.6. The van der Waals surface area contributed by atoms with Gasteiger partial charge in [-0.3, -0.25) is 33.6 Å². The molecule has 7 amide bonds. The number of rotatable bonds is 17. The van der Waals surface area contributed by atoms with Crippen LogP contribution in [-0.2, 0) is 52.8 Å². The summed E-state index contributed by atoms with van der Waals surface area (Å²) in [6.45, 7) is 2.23. The molecule has 0 aliphatic carbocycles. The van der Waals surface area contributed by atoms with Crippen LogP contribution in [0.3, 0.4) is 0 Å². The molecule has 3 aromatic carbocycles. The van der Waals surface area contributed by atoms with Crippen molar-refractivity contribution in [2.75, 3.05) is 24.7 Å². The van der Waals surface area contributed by atoms with Gasteiger partial charge < -0.3 is 69.0 Å². The van der Waals surface area contributed by atoms with Gasteiger partial charge in [0, 0.05) is 41.4 Å². The van der Waals surface area contributed by atoms with Crippen molar-refractivity contribution in [3.8, 4) is 0 Å². The molecule has 0 bridgehead atoms. The summed E-state index contributed by atoms with van der Waals surface area (Å²) in [6.07, 6.45) is -0.156. The van der Waals surface area contributed by atoms with Gasteiger partial charge in [-0.1, -0.05) is 100 Å². The molecule has 22 heteroatoms. The zero-order valence-electron chi connectivity index (χ0n) is 39.7. The van der Waals surface area contributed by atoms with Crippen molar-refractivity contribution in [1.29, 1.82) is 0 Å². The number of hydrogen-bond donors (Lipinski definition) is 13. The summed E-state index contributed by atoms with van der Waals surface area (Å²) in [5, 5.41) is 50.5. The van der Waals surface area contributed by atoms with E-state index in [9.17, 15) is 48.9 Å². The minimum atomic E-state index is -1.66. The van der Waals surface area contributed by atoms with Gasteiger partial charge in [0.05, 0.1) is 30.9 Å². The molecule has 15 N–H and O–H groups in total. The summed E-state index contributed by atoms with van der Waals surface area (Å²) >= 11 is 0. The number of nitrogens with one attached hydrogen (secondary N) is 8. The summed E-state index contributed by atoms with van der Waals surface area (Å²) in [5.41, 5.74) is 15.0. The number of amides is 7. The van der Waals surface area contributed by atoms with Crippen molar-refractivity contribution in [1.82, 2.24) is 42.2 Å². The van der Waals surface area contributed by atoms with Crippen LogP contribution in [-0.4, -0.2) is 147 Å². The third kappa shape index (κ3) is 17.1. The van der Waals surface area contributed by atoms with Crippen LogP contribution in [0.2, 0.25) is 0 Å². The summed E-state index contributed by atoms with van der Waals surface area (Å²) < 4.78 is 0. The number of aromatic nitrogens is 1. The molecular weight excluding hydrogens is 953 g/mol. The first-order valence-electron chi connectivity index (χ1n) is 23.5. The monoisotopic (exact) mass is 1020 g/mol. The van der Waals surface area contributed by atoms with E-state index >= 15 is 0 Å². The Kier molecular flexibility index (Phi) is 22.2. The maximum Gasteiger partial charge on any atom is 0.245 e. The quantitative estimate of drug-likeness (QED) is 0.0455. The number of para-hydroxylation sites is 1. The molecule has 20 nitrogen and oxygen atoms in total. The molecule has 0 radical (unpaired) electrons. The zero-order chi connectivity index (χ0) is 51.5. The van der Waals surface area contributed by atoms with Crippen LogP contribution in [0.5, 0.6) is 0 Å². The zero-order valence-corrected chi connectivity index (χ0v) is 41.3. The molecule has 1 fully saturated rings. The van der Waals surface area contributed by atoms with Crippen LogP contribution in [0, 0.1) is 0 Å². The van der Waals surface area contributed by atoms with Gasteiger partial charge in [0.1, 0.15) is 36.3 Å². The first-order valence-corrected chi connectivity index (χ1v) is 26.0. The van der Waals surface area contributed by atoms with E-state index in [-0.39, 0.29) is 43.7 Å². The number of benzene rings is 3. The van der Waals surface area contributed by atoms with Crippen molar-refractivity contribution in [3.63, 3.8) is 0 Å². The Hall–Kier alpha value is -6.01. The van der Waals surface area contributed by atoms with Crippen LogP contribution in [0.25, 0.3) is 10.9 Å². The van der Waals surface area contributed by atoms with Gasteiger partial charge >= 0.3 is 0 Å². The maximum absolute atomic E-state index is 14.7. The number of carbonyl (C=O) groups excluding carboxylic acids is 7. The highest BCUT2D eigenvalue weighted by atomic mass is 33.1. The van der Waals surface area contributed by atoms with E-state index < -0.39 is 108 Å². The van der Waals surface area contributed by atoms with Crippen LogP contribution in [0.4, 0.5) is 0 Å². The van der Waals surface area contributed by atoms with Crippen molar-refractivity contribution < 1.29 is 48.9 Å². The normalized spacial score (nSPS) is 22.8. The Balaban J connectivity index is 1.56. The third-order valence-corrected chi connectivity index (χ3v) is 14.3. The molecule has 4 aromatic rings. The van der Waals surface area contributed by atoms with Gasteiger partial charge in [-0.2, -0.15) is 0 Å². The summed E-state index contributed by atoms with van der Waals surface area (Å²) in [5.74, 6) is -6.01. The van der Waals surface area contributed by atoms with Gasteiger partial charge in [-0.15, -0.1) is 0 Å². The van der Waals surface area contributed by atoms with Gasteiger partial charge in [0.15, 0.2) is 0 Å². The van der Waals surface area contributed by atoms with Gasteiger partial charge in [0.2, 0.25) is 41.4 Å². The van der Waals surface area contributed by atoms with E-state index in [0.29, 0.717) is 24.0 Å². The Morgan fingerprint density at radius 1 is 0.718 bits per heavy atom. The predicted octanol–water partition coefficient (Wildman–Crippen LogP) is -0.805. The Labute approximate surface area is 420 Å². The van der Waals surface area contributed by atoms with Crippen LogP contribution < -0.4 is 48.7 Å². The lowest BCUT2D eigenvalue weighted by atomic mass is 10.0. The maximum atomic E-state index is 14.7. The second-order valence-corrected chi connectivity index (χ2v) is 20.0. The number of aromatic amines is 1. The smallest absolute Gasteiger partial charge is 0.245 e. The molecule has 384 valence electrons. The lowest BCUT2D eigenvalue weighted by Crippen LogP contribution is -2.62. The van der Waals surface area contributed by atoms with Crippen LogP contribution in [0.1, 0.15) is 49.8 Å². The van der Waals surface area contributed by atoms with E-state index in [4.69, 9.17) is 11.5 Å². The van der Waals surface area contributed by atoms with Gasteiger partial charge in [0.25, 0.3) is 0 Å². The largest absolute Gasteiger partial charge is 0.394 e. The van der Waals surface area contributed by atoms with E-state index in [1.165, 1.54) is 13.8 Å². The van der Waals surface area contributed by atoms with Gasteiger partial charge in [-0.05, 0) is 68.8 Å². The van der Waals surface area contributed by atoms with E-state index in [0.717, 1.165) is 38.1 Å². The topological polar surface area (TPSA) is 332 Å². The SMILES string of the molecule is CC(O)[C@@H](CO)NC(=O)[C@@H]1CSSC[C@H](NC(=O)C(N)Cc2ccccc2)C(=O)N[C@@H](Cc2ccccc2)C(=O)N[C@H](Cc2c[nH]c3ccccc23)C(=O)N[C@@H](CCCCN)C(=O)N[C@@H]([C@@H](C)O)C(=O)N1. The fourth-order valence-corrected chi connectivity index (χ4v) is 10.1. The molecule has 1 saturated heterocycles. The molecule has 1 aliphatic rings. The van der Waals surface area contributed by atoms with Crippen molar-refractivity contribution in [3.05, 3.63) is 108 Å². The first kappa shape index (κ1) is 55.9. The fraction of sp³-hybridized carbons (Fsp3) is 0.449. The highest BCUT2D eigenvalue weighted by Crippen LogP contribution is 2.24. The van der Waals surface area contributed by atoms with E-state index in [1.807, 2.05) is 30.3 Å². The second kappa shape index (κ2) is 28.1. The van der Waals surface area contributed by atoms with Crippen LogP contribution in [0.15, 0.2) is 91.1 Å². The Morgan fingerprint density at radius 2 is 1.31 bits per heavy atom. The number of nitrogens with two attached hydrogens (primary N) is 2. The van der Waals surface area contributed by atoms with Crippen molar-refractivity contribution in [2.45, 2.75) is 113 Å². The van der Waals surface area contributed by atoms with Crippen molar-refractivity contribution in [2.24, 2.45) is 11.5 Å². The highest BCUT2D eigenvalue weighted by Gasteiger charge is 2.36.